The molecule has 0 aliphatic carbocycles. The smallest absolute Gasteiger partial charge is 0.261 e. The number of benzene rings is 2. The van der Waals surface area contributed by atoms with Gasteiger partial charge >= 0.3 is 0 Å². The van der Waals surface area contributed by atoms with Gasteiger partial charge in [-0.3, -0.25) is 9.69 Å². The molecule has 1 amide bonds. The van der Waals surface area contributed by atoms with E-state index in [1.165, 1.54) is 11.3 Å². The largest absolute Gasteiger partial charge is 0.497 e. The van der Waals surface area contributed by atoms with E-state index in [0.29, 0.717) is 17.2 Å². The van der Waals surface area contributed by atoms with Gasteiger partial charge in [-0.2, -0.15) is 0 Å². The maximum absolute atomic E-state index is 13.2. The summed E-state index contributed by atoms with van der Waals surface area (Å²) in [4.78, 5) is 21.7. The lowest BCUT2D eigenvalue weighted by atomic mass is 10.2. The lowest BCUT2D eigenvalue weighted by Crippen LogP contribution is -2.36. The number of aromatic nitrogens is 1. The van der Waals surface area contributed by atoms with Gasteiger partial charge in [-0.15, -0.1) is 0 Å². The Bertz CT molecular complexity index is 926. The lowest BCUT2D eigenvalue weighted by Gasteiger charge is -2.22. The highest BCUT2D eigenvalue weighted by Gasteiger charge is 2.23. The highest BCUT2D eigenvalue weighted by Crippen LogP contribution is 2.32. The lowest BCUT2D eigenvalue weighted by molar-refractivity contribution is 0.0984. The van der Waals surface area contributed by atoms with Gasteiger partial charge in [-0.25, -0.2) is 4.98 Å². The first-order valence-electron chi connectivity index (χ1n) is 8.15. The Labute approximate surface area is 165 Å². The number of thiazole rings is 1. The summed E-state index contributed by atoms with van der Waals surface area (Å²) in [6.45, 7) is 1.31. The van der Waals surface area contributed by atoms with E-state index in [1.807, 2.05) is 56.6 Å². The van der Waals surface area contributed by atoms with E-state index in [1.54, 1.807) is 12.0 Å². The van der Waals surface area contributed by atoms with Crippen LogP contribution >= 0.6 is 27.3 Å². The fourth-order valence-electron chi connectivity index (χ4n) is 2.50. The molecule has 0 bridgehead atoms. The van der Waals surface area contributed by atoms with E-state index in [2.05, 4.69) is 25.8 Å². The number of nitrogens with zero attached hydrogens (tertiary/aromatic N) is 3. The van der Waals surface area contributed by atoms with Crippen LogP contribution in [0.15, 0.2) is 46.9 Å². The fraction of sp³-hybridized carbons (Fsp3) is 0.263. The molecule has 7 heteroatoms. The number of methoxy groups -OCH3 is 1. The molecule has 0 saturated carbocycles. The van der Waals surface area contributed by atoms with Crippen LogP contribution in [0, 0.1) is 0 Å². The second kappa shape index (κ2) is 8.16. The Balaban J connectivity index is 2.00. The van der Waals surface area contributed by atoms with Crippen LogP contribution in [0.5, 0.6) is 5.75 Å². The second-order valence-electron chi connectivity index (χ2n) is 6.07. The molecular formula is C19H20BrN3O2S. The number of fused-ring (bicyclic) bond motifs is 1. The van der Waals surface area contributed by atoms with Crippen LogP contribution in [0.4, 0.5) is 5.13 Å². The summed E-state index contributed by atoms with van der Waals surface area (Å²) in [6, 6.07) is 13.2. The fourth-order valence-corrected chi connectivity index (χ4v) is 3.97. The molecule has 0 spiro atoms. The van der Waals surface area contributed by atoms with E-state index >= 15 is 0 Å². The first-order valence-corrected chi connectivity index (χ1v) is 9.76. The summed E-state index contributed by atoms with van der Waals surface area (Å²) < 4.78 is 7.06. The SMILES string of the molecule is COc1ccc2nc(N(CCN(C)C)C(=O)c3ccccc3Br)sc2c1. The van der Waals surface area contributed by atoms with Crippen LogP contribution in [0.25, 0.3) is 10.2 Å². The summed E-state index contributed by atoms with van der Waals surface area (Å²) in [7, 11) is 5.62. The van der Waals surface area contributed by atoms with E-state index in [9.17, 15) is 4.79 Å². The molecule has 1 heterocycles. The minimum Gasteiger partial charge on any atom is -0.497 e. The molecule has 0 unspecified atom stereocenters. The maximum Gasteiger partial charge on any atom is 0.261 e. The summed E-state index contributed by atoms with van der Waals surface area (Å²) >= 11 is 4.98. The summed E-state index contributed by atoms with van der Waals surface area (Å²) in [5, 5.41) is 0.691. The molecule has 0 saturated heterocycles. The van der Waals surface area contributed by atoms with Gasteiger partial charge in [-0.1, -0.05) is 23.5 Å². The first kappa shape index (κ1) is 18.8. The van der Waals surface area contributed by atoms with Gasteiger partial charge in [0.25, 0.3) is 5.91 Å². The average Bonchev–Trinajstić information content (AvgIpc) is 3.04. The van der Waals surface area contributed by atoms with Gasteiger partial charge in [0.2, 0.25) is 0 Å². The number of halogens is 1. The summed E-state index contributed by atoms with van der Waals surface area (Å²) in [5.41, 5.74) is 1.49. The first-order chi connectivity index (χ1) is 12.5. The van der Waals surface area contributed by atoms with E-state index < -0.39 is 0 Å². The number of rotatable bonds is 6. The molecule has 2 aromatic carbocycles. The van der Waals surface area contributed by atoms with Crippen LogP contribution < -0.4 is 9.64 Å². The predicted molar refractivity (Wildman–Crippen MR) is 111 cm³/mol. The molecule has 3 rings (SSSR count). The number of amides is 1. The number of anilines is 1. The van der Waals surface area contributed by atoms with Crippen molar-refractivity contribution in [1.82, 2.24) is 9.88 Å². The van der Waals surface area contributed by atoms with Crippen molar-refractivity contribution < 1.29 is 9.53 Å². The summed E-state index contributed by atoms with van der Waals surface area (Å²) in [5.74, 6) is 0.718. The third kappa shape index (κ3) is 4.06. The van der Waals surface area contributed by atoms with Crippen LogP contribution in [0.3, 0.4) is 0 Å². The van der Waals surface area contributed by atoms with Crippen molar-refractivity contribution in [2.45, 2.75) is 0 Å². The monoisotopic (exact) mass is 433 g/mol. The van der Waals surface area contributed by atoms with Crippen molar-refractivity contribution in [1.29, 1.82) is 0 Å². The van der Waals surface area contributed by atoms with Gasteiger partial charge in [0.1, 0.15) is 5.75 Å². The van der Waals surface area contributed by atoms with Gasteiger partial charge < -0.3 is 9.64 Å². The van der Waals surface area contributed by atoms with Crippen LogP contribution in [0.1, 0.15) is 10.4 Å². The molecule has 0 aliphatic heterocycles. The van der Waals surface area contributed by atoms with Crippen molar-refractivity contribution >= 4 is 48.5 Å². The average molecular weight is 434 g/mol. The molecule has 136 valence electrons. The zero-order valence-electron chi connectivity index (χ0n) is 14.9. The Morgan fingerprint density at radius 3 is 2.65 bits per heavy atom. The van der Waals surface area contributed by atoms with Crippen LogP contribution in [-0.4, -0.2) is 50.1 Å². The quantitative estimate of drug-likeness (QED) is 0.581. The molecule has 26 heavy (non-hydrogen) atoms. The minimum absolute atomic E-state index is 0.0645. The Morgan fingerprint density at radius 2 is 1.96 bits per heavy atom. The molecule has 0 radical (unpaired) electrons. The predicted octanol–water partition coefficient (Wildman–Crippen LogP) is 4.28. The molecule has 0 fully saturated rings. The number of carbonyl (C=O) groups excluding carboxylic acids is 1. The third-order valence-electron chi connectivity index (χ3n) is 3.94. The topological polar surface area (TPSA) is 45.7 Å². The normalized spacial score (nSPS) is 11.1. The highest BCUT2D eigenvalue weighted by molar-refractivity contribution is 9.10. The minimum atomic E-state index is -0.0645. The third-order valence-corrected chi connectivity index (χ3v) is 5.67. The maximum atomic E-state index is 13.2. The number of carbonyl (C=O) groups is 1. The van der Waals surface area contributed by atoms with Crippen molar-refractivity contribution in [2.75, 3.05) is 39.2 Å². The Morgan fingerprint density at radius 1 is 1.19 bits per heavy atom. The van der Waals surface area contributed by atoms with Crippen molar-refractivity contribution in [3.05, 3.63) is 52.5 Å². The zero-order chi connectivity index (χ0) is 18.7. The molecule has 0 atom stereocenters. The number of hydrogen-bond acceptors (Lipinski definition) is 5. The van der Waals surface area contributed by atoms with E-state index in [0.717, 1.165) is 27.0 Å². The van der Waals surface area contributed by atoms with Crippen LogP contribution in [-0.2, 0) is 0 Å². The van der Waals surface area contributed by atoms with Gasteiger partial charge in [-0.05, 0) is 60.4 Å². The second-order valence-corrected chi connectivity index (χ2v) is 7.93. The van der Waals surface area contributed by atoms with E-state index in [4.69, 9.17) is 4.74 Å². The molecular weight excluding hydrogens is 414 g/mol. The summed E-state index contributed by atoms with van der Waals surface area (Å²) in [6.07, 6.45) is 0. The Kier molecular flexibility index (Phi) is 5.90. The molecule has 1 aromatic heterocycles. The molecule has 3 aromatic rings. The standard InChI is InChI=1S/C19H20BrN3O2S/c1-22(2)10-11-23(18(24)14-6-4-5-7-15(14)20)19-21-16-9-8-13(25-3)12-17(16)26-19/h4-9,12H,10-11H2,1-3H3. The van der Waals surface area contributed by atoms with Crippen molar-refractivity contribution in [3.8, 4) is 5.75 Å². The molecule has 5 nitrogen and oxygen atoms in total. The van der Waals surface area contributed by atoms with E-state index in [-0.39, 0.29) is 5.91 Å². The zero-order valence-corrected chi connectivity index (χ0v) is 17.3. The number of ether oxygens (including phenoxy) is 1. The highest BCUT2D eigenvalue weighted by atomic mass is 79.9. The Hall–Kier alpha value is -1.96. The molecule has 0 N–H and O–H groups in total. The number of hydrogen-bond donors (Lipinski definition) is 0. The van der Waals surface area contributed by atoms with Crippen molar-refractivity contribution in [3.63, 3.8) is 0 Å². The van der Waals surface area contributed by atoms with Gasteiger partial charge in [0.05, 0.1) is 22.9 Å². The molecule has 0 aliphatic rings. The van der Waals surface area contributed by atoms with Gasteiger partial charge in [0, 0.05) is 17.6 Å². The van der Waals surface area contributed by atoms with Gasteiger partial charge in [0.15, 0.2) is 5.13 Å². The van der Waals surface area contributed by atoms with Crippen molar-refractivity contribution in [2.24, 2.45) is 0 Å². The van der Waals surface area contributed by atoms with Crippen LogP contribution in [0.2, 0.25) is 0 Å². The number of likely N-dealkylation sites (N-methyl/N-ethyl adjacent to an activating group) is 1.